The number of rotatable bonds is 1. The molecule has 0 saturated heterocycles. The van der Waals surface area contributed by atoms with Gasteiger partial charge in [0.2, 0.25) is 0 Å². The van der Waals surface area contributed by atoms with Gasteiger partial charge in [-0.2, -0.15) is 0 Å². The monoisotopic (exact) mass is 190 g/mol. The average molecular weight is 190 g/mol. The molecule has 66 valence electrons. The van der Waals surface area contributed by atoms with Crippen molar-refractivity contribution in [3.8, 4) is 0 Å². The normalized spacial score (nSPS) is 19.2. The van der Waals surface area contributed by atoms with Gasteiger partial charge in [-0.1, -0.05) is 12.1 Å². The predicted molar refractivity (Wildman–Crippen MR) is 54.7 cm³/mol. The van der Waals surface area contributed by atoms with Gasteiger partial charge >= 0.3 is 0 Å². The molecular formula is C10H10N2S. The molecule has 1 aliphatic rings. The van der Waals surface area contributed by atoms with Crippen LogP contribution in [0.2, 0.25) is 0 Å². The Kier molecular flexibility index (Phi) is 1.32. The molecule has 0 spiro atoms. The highest BCUT2D eigenvalue weighted by molar-refractivity contribution is 7.17. The van der Waals surface area contributed by atoms with Crippen LogP contribution in [0.4, 0.5) is 0 Å². The largest absolute Gasteiger partial charge is 0.321 e. The second kappa shape index (κ2) is 2.30. The topological polar surface area (TPSA) is 38.9 Å². The Bertz CT molecular complexity index is 457. The lowest BCUT2D eigenvalue weighted by Gasteiger charge is -2.08. The van der Waals surface area contributed by atoms with Gasteiger partial charge in [0.25, 0.3) is 0 Å². The minimum absolute atomic E-state index is 0.0357. The zero-order chi connectivity index (χ0) is 8.89. The van der Waals surface area contributed by atoms with Gasteiger partial charge in [0, 0.05) is 5.54 Å². The van der Waals surface area contributed by atoms with Crippen molar-refractivity contribution in [1.82, 2.24) is 4.98 Å². The number of thiazole rings is 1. The summed E-state index contributed by atoms with van der Waals surface area (Å²) in [5, 5.41) is 0. The Morgan fingerprint density at radius 2 is 2.23 bits per heavy atom. The molecule has 3 rings (SSSR count). The number of aromatic nitrogens is 1. The molecule has 3 heteroatoms. The first-order valence-electron chi connectivity index (χ1n) is 4.41. The number of hydrogen-bond acceptors (Lipinski definition) is 3. The Labute approximate surface area is 80.4 Å². The second-order valence-corrected chi connectivity index (χ2v) is 4.52. The first-order valence-corrected chi connectivity index (χ1v) is 5.29. The van der Waals surface area contributed by atoms with E-state index < -0.39 is 0 Å². The van der Waals surface area contributed by atoms with Crippen LogP contribution in [0, 0.1) is 0 Å². The summed E-state index contributed by atoms with van der Waals surface area (Å²) in [6.07, 6.45) is 2.23. The Morgan fingerprint density at radius 1 is 1.38 bits per heavy atom. The minimum atomic E-state index is -0.0357. The van der Waals surface area contributed by atoms with Crippen LogP contribution in [-0.4, -0.2) is 4.98 Å². The Morgan fingerprint density at radius 3 is 3.00 bits per heavy atom. The van der Waals surface area contributed by atoms with E-state index in [2.05, 4.69) is 11.1 Å². The fourth-order valence-electron chi connectivity index (χ4n) is 1.68. The van der Waals surface area contributed by atoms with Crippen molar-refractivity contribution < 1.29 is 0 Å². The first-order chi connectivity index (χ1) is 6.30. The van der Waals surface area contributed by atoms with Gasteiger partial charge in [0.05, 0.1) is 15.7 Å². The van der Waals surface area contributed by atoms with Crippen molar-refractivity contribution in [2.75, 3.05) is 0 Å². The van der Waals surface area contributed by atoms with E-state index >= 15 is 0 Å². The number of nitrogens with two attached hydrogens (primary N) is 1. The molecule has 2 N–H and O–H groups in total. The standard InChI is InChI=1S/C10H10N2S/c11-10(4-5-10)7-2-1-3-8-9(7)13-6-12-8/h1-3,6H,4-5,11H2. The van der Waals surface area contributed by atoms with E-state index in [-0.39, 0.29) is 5.54 Å². The van der Waals surface area contributed by atoms with Crippen LogP contribution in [0.15, 0.2) is 23.7 Å². The molecule has 2 aromatic rings. The summed E-state index contributed by atoms with van der Waals surface area (Å²) in [5.41, 5.74) is 10.4. The van der Waals surface area contributed by atoms with Crippen molar-refractivity contribution in [2.24, 2.45) is 5.73 Å². The van der Waals surface area contributed by atoms with Crippen LogP contribution in [0.25, 0.3) is 10.2 Å². The molecule has 0 atom stereocenters. The average Bonchev–Trinajstić information content (AvgIpc) is 2.72. The molecule has 2 nitrogen and oxygen atoms in total. The first kappa shape index (κ1) is 7.47. The summed E-state index contributed by atoms with van der Waals surface area (Å²) in [5.74, 6) is 0. The van der Waals surface area contributed by atoms with E-state index in [0.29, 0.717) is 0 Å². The zero-order valence-electron chi connectivity index (χ0n) is 7.16. The molecule has 13 heavy (non-hydrogen) atoms. The maximum Gasteiger partial charge on any atom is 0.0815 e. The molecule has 1 saturated carbocycles. The van der Waals surface area contributed by atoms with Crippen LogP contribution < -0.4 is 5.73 Å². The molecule has 0 unspecified atom stereocenters. The Hall–Kier alpha value is -0.930. The molecule has 1 aromatic heterocycles. The van der Waals surface area contributed by atoms with Gasteiger partial charge in [-0.15, -0.1) is 11.3 Å². The van der Waals surface area contributed by atoms with Gasteiger partial charge in [-0.05, 0) is 24.5 Å². The van der Waals surface area contributed by atoms with Gasteiger partial charge in [-0.25, -0.2) is 4.98 Å². The van der Waals surface area contributed by atoms with Gasteiger partial charge in [-0.3, -0.25) is 0 Å². The van der Waals surface area contributed by atoms with E-state index in [9.17, 15) is 0 Å². The number of benzene rings is 1. The summed E-state index contributed by atoms with van der Waals surface area (Å²) in [6, 6.07) is 6.22. The summed E-state index contributed by atoms with van der Waals surface area (Å²) in [6.45, 7) is 0. The molecule has 0 aliphatic heterocycles. The van der Waals surface area contributed by atoms with E-state index in [1.807, 2.05) is 17.6 Å². The van der Waals surface area contributed by atoms with Gasteiger partial charge in [0.1, 0.15) is 0 Å². The third kappa shape index (κ3) is 1.01. The van der Waals surface area contributed by atoms with Gasteiger partial charge in [0.15, 0.2) is 0 Å². The highest BCUT2D eigenvalue weighted by atomic mass is 32.1. The number of fused-ring (bicyclic) bond motifs is 1. The molecule has 0 amide bonds. The quantitative estimate of drug-likeness (QED) is 0.749. The predicted octanol–water partition coefficient (Wildman–Crippen LogP) is 2.24. The molecular weight excluding hydrogens is 180 g/mol. The van der Waals surface area contributed by atoms with Crippen LogP contribution in [0.5, 0.6) is 0 Å². The van der Waals surface area contributed by atoms with E-state index in [1.165, 1.54) is 10.3 Å². The smallest absolute Gasteiger partial charge is 0.0815 e. The lowest BCUT2D eigenvalue weighted by Crippen LogP contribution is -2.18. The van der Waals surface area contributed by atoms with E-state index in [4.69, 9.17) is 5.73 Å². The van der Waals surface area contributed by atoms with Crippen LogP contribution >= 0.6 is 11.3 Å². The van der Waals surface area contributed by atoms with Gasteiger partial charge < -0.3 is 5.73 Å². The van der Waals surface area contributed by atoms with Crippen molar-refractivity contribution >= 4 is 21.6 Å². The van der Waals surface area contributed by atoms with Crippen LogP contribution in [0.1, 0.15) is 18.4 Å². The Balaban J connectivity index is 2.33. The summed E-state index contributed by atoms with van der Waals surface area (Å²) in [4.78, 5) is 4.28. The third-order valence-electron chi connectivity index (χ3n) is 2.68. The number of hydrogen-bond donors (Lipinski definition) is 1. The highest BCUT2D eigenvalue weighted by Gasteiger charge is 2.41. The molecule has 0 bridgehead atoms. The SMILES string of the molecule is NC1(c2cccc3ncsc23)CC1. The molecule has 1 fully saturated rings. The minimum Gasteiger partial charge on any atom is -0.321 e. The third-order valence-corrected chi connectivity index (χ3v) is 3.56. The summed E-state index contributed by atoms with van der Waals surface area (Å²) >= 11 is 1.69. The maximum absolute atomic E-state index is 6.17. The summed E-state index contributed by atoms with van der Waals surface area (Å²) < 4.78 is 1.27. The van der Waals surface area contributed by atoms with E-state index in [1.54, 1.807) is 11.3 Å². The van der Waals surface area contributed by atoms with Crippen molar-refractivity contribution in [3.05, 3.63) is 29.3 Å². The lowest BCUT2D eigenvalue weighted by molar-refractivity contribution is 0.749. The molecule has 1 aromatic carbocycles. The molecule has 1 aliphatic carbocycles. The molecule has 1 heterocycles. The molecule has 0 radical (unpaired) electrons. The maximum atomic E-state index is 6.17. The number of nitrogens with zero attached hydrogens (tertiary/aromatic N) is 1. The lowest BCUT2D eigenvalue weighted by atomic mass is 10.1. The van der Waals surface area contributed by atoms with Crippen molar-refractivity contribution in [2.45, 2.75) is 18.4 Å². The second-order valence-electron chi connectivity index (χ2n) is 3.66. The van der Waals surface area contributed by atoms with E-state index in [0.717, 1.165) is 18.4 Å². The van der Waals surface area contributed by atoms with Crippen LogP contribution in [0.3, 0.4) is 0 Å². The fourth-order valence-corrected chi connectivity index (χ4v) is 2.59. The van der Waals surface area contributed by atoms with Crippen molar-refractivity contribution in [1.29, 1.82) is 0 Å². The van der Waals surface area contributed by atoms with Crippen LogP contribution in [-0.2, 0) is 5.54 Å². The highest BCUT2D eigenvalue weighted by Crippen LogP contribution is 2.45. The fraction of sp³-hybridized carbons (Fsp3) is 0.300. The zero-order valence-corrected chi connectivity index (χ0v) is 7.97. The summed E-state index contributed by atoms with van der Waals surface area (Å²) in [7, 11) is 0. The van der Waals surface area contributed by atoms with Crippen molar-refractivity contribution in [3.63, 3.8) is 0 Å².